The molecule has 0 amide bonds. The highest BCUT2D eigenvalue weighted by Crippen LogP contribution is 2.39. The molecule has 0 saturated carbocycles. The highest BCUT2D eigenvalue weighted by molar-refractivity contribution is 6.74. The maximum atomic E-state index is 11.1. The molecule has 0 aliphatic rings. The first-order valence-corrected chi connectivity index (χ1v) is 12.3. The molecule has 0 aromatic heterocycles. The summed E-state index contributed by atoms with van der Waals surface area (Å²) in [5.74, 6) is 0.160. The summed E-state index contributed by atoms with van der Waals surface area (Å²) in [6.45, 7) is 19.3. The van der Waals surface area contributed by atoms with E-state index in [9.17, 15) is 10.1 Å². The van der Waals surface area contributed by atoms with Crippen LogP contribution in [0.3, 0.4) is 0 Å². The van der Waals surface area contributed by atoms with Crippen LogP contribution in [0.5, 0.6) is 0 Å². The molecule has 0 aliphatic heterocycles. The standard InChI is InChI=1S/C19H39NO3Si/c1-9-11-12-13-14-17(15-20(21)22)16(3)18(10-2)23-24(7,8)19(4,5)6/h10,16-18H,2,9,11-15H2,1,3-8H3/t16-,17+,18?/m1/s1. The van der Waals surface area contributed by atoms with E-state index in [2.05, 4.69) is 54.3 Å². The summed E-state index contributed by atoms with van der Waals surface area (Å²) < 4.78 is 6.50. The Labute approximate surface area is 150 Å². The minimum absolute atomic E-state index is 0.0263. The van der Waals surface area contributed by atoms with Crippen molar-refractivity contribution in [2.75, 3.05) is 6.54 Å². The molecule has 0 heterocycles. The van der Waals surface area contributed by atoms with Gasteiger partial charge in [0.2, 0.25) is 6.54 Å². The van der Waals surface area contributed by atoms with Gasteiger partial charge in [-0.3, -0.25) is 10.1 Å². The van der Waals surface area contributed by atoms with E-state index in [1.807, 2.05) is 6.08 Å². The SMILES string of the molecule is C=CC(O[Si](C)(C)C(C)(C)C)[C@H](C)[C@@H](CCCCCC)C[N+](=O)[O-]. The molecule has 0 aromatic rings. The van der Waals surface area contributed by atoms with Gasteiger partial charge in [-0.1, -0.05) is 66.4 Å². The third-order valence-corrected chi connectivity index (χ3v) is 10.0. The van der Waals surface area contributed by atoms with Crippen LogP contribution in [0.25, 0.3) is 0 Å². The molecule has 0 bridgehead atoms. The average Bonchev–Trinajstić information content (AvgIpc) is 2.45. The van der Waals surface area contributed by atoms with E-state index >= 15 is 0 Å². The van der Waals surface area contributed by atoms with Crippen LogP contribution in [-0.2, 0) is 4.43 Å². The zero-order valence-electron chi connectivity index (χ0n) is 16.9. The van der Waals surface area contributed by atoms with Gasteiger partial charge in [0.15, 0.2) is 8.32 Å². The van der Waals surface area contributed by atoms with Crippen molar-refractivity contribution < 1.29 is 9.35 Å². The van der Waals surface area contributed by atoms with Crippen LogP contribution in [0.2, 0.25) is 18.1 Å². The van der Waals surface area contributed by atoms with Crippen LogP contribution >= 0.6 is 0 Å². The van der Waals surface area contributed by atoms with Crippen molar-refractivity contribution in [1.82, 2.24) is 0 Å². The van der Waals surface area contributed by atoms with Gasteiger partial charge in [0, 0.05) is 10.8 Å². The number of nitrogens with zero attached hydrogens (tertiary/aromatic N) is 1. The Morgan fingerprint density at radius 2 is 1.83 bits per heavy atom. The molecule has 0 rings (SSSR count). The Balaban J connectivity index is 5.01. The molecule has 0 fully saturated rings. The summed E-state index contributed by atoms with van der Waals surface area (Å²) >= 11 is 0. The molecule has 0 radical (unpaired) electrons. The van der Waals surface area contributed by atoms with Crippen molar-refractivity contribution in [2.45, 2.75) is 91.0 Å². The van der Waals surface area contributed by atoms with Crippen molar-refractivity contribution in [1.29, 1.82) is 0 Å². The minimum Gasteiger partial charge on any atom is -0.410 e. The minimum atomic E-state index is -1.92. The smallest absolute Gasteiger partial charge is 0.207 e. The predicted octanol–water partition coefficient (Wildman–Crippen LogP) is 6.06. The van der Waals surface area contributed by atoms with Crippen molar-refractivity contribution in [3.05, 3.63) is 22.8 Å². The van der Waals surface area contributed by atoms with Gasteiger partial charge in [-0.25, -0.2) is 0 Å². The van der Waals surface area contributed by atoms with Crippen molar-refractivity contribution in [3.8, 4) is 0 Å². The van der Waals surface area contributed by atoms with E-state index in [0.717, 1.165) is 19.3 Å². The van der Waals surface area contributed by atoms with E-state index in [0.29, 0.717) is 0 Å². The number of hydrogen-bond donors (Lipinski definition) is 0. The highest BCUT2D eigenvalue weighted by atomic mass is 28.4. The van der Waals surface area contributed by atoms with E-state index in [-0.39, 0.29) is 34.4 Å². The van der Waals surface area contributed by atoms with Gasteiger partial charge in [0.25, 0.3) is 0 Å². The van der Waals surface area contributed by atoms with Gasteiger partial charge < -0.3 is 4.43 Å². The molecule has 24 heavy (non-hydrogen) atoms. The molecule has 0 spiro atoms. The van der Waals surface area contributed by atoms with E-state index in [1.165, 1.54) is 12.8 Å². The normalized spacial score (nSPS) is 16.5. The summed E-state index contributed by atoms with van der Waals surface area (Å²) in [4.78, 5) is 10.9. The first-order valence-electron chi connectivity index (χ1n) is 9.38. The van der Waals surface area contributed by atoms with Crippen LogP contribution in [0.15, 0.2) is 12.7 Å². The van der Waals surface area contributed by atoms with E-state index in [4.69, 9.17) is 4.43 Å². The van der Waals surface area contributed by atoms with Gasteiger partial charge in [0.05, 0.1) is 6.10 Å². The van der Waals surface area contributed by atoms with Crippen LogP contribution in [0, 0.1) is 22.0 Å². The maximum absolute atomic E-state index is 11.1. The van der Waals surface area contributed by atoms with E-state index < -0.39 is 8.32 Å². The molecule has 1 unspecified atom stereocenters. The number of hydrogen-bond acceptors (Lipinski definition) is 3. The Kier molecular flexibility index (Phi) is 10.0. The first kappa shape index (κ1) is 23.3. The van der Waals surface area contributed by atoms with Crippen LogP contribution in [0.1, 0.15) is 66.7 Å². The average molecular weight is 358 g/mol. The molecule has 0 N–H and O–H groups in total. The molecule has 0 aliphatic carbocycles. The lowest BCUT2D eigenvalue weighted by atomic mass is 9.85. The van der Waals surface area contributed by atoms with Crippen molar-refractivity contribution in [2.24, 2.45) is 11.8 Å². The fraction of sp³-hybridized carbons (Fsp3) is 0.895. The predicted molar refractivity (Wildman–Crippen MR) is 106 cm³/mol. The summed E-state index contributed by atoms with van der Waals surface area (Å²) in [5, 5.41) is 11.2. The summed E-state index contributed by atoms with van der Waals surface area (Å²) in [6, 6.07) is 0. The third kappa shape index (κ3) is 7.93. The Morgan fingerprint density at radius 1 is 1.25 bits per heavy atom. The van der Waals surface area contributed by atoms with Gasteiger partial charge in [-0.05, 0) is 30.5 Å². The molecule has 4 nitrogen and oxygen atoms in total. The van der Waals surface area contributed by atoms with Crippen molar-refractivity contribution >= 4 is 8.32 Å². The summed E-state index contributed by atoms with van der Waals surface area (Å²) in [6.07, 6.45) is 7.23. The summed E-state index contributed by atoms with van der Waals surface area (Å²) in [7, 11) is -1.92. The van der Waals surface area contributed by atoms with E-state index in [1.54, 1.807) is 0 Å². The van der Waals surface area contributed by atoms with Crippen molar-refractivity contribution in [3.63, 3.8) is 0 Å². The second-order valence-electron chi connectivity index (χ2n) is 8.56. The van der Waals surface area contributed by atoms with Crippen LogP contribution in [-0.4, -0.2) is 25.9 Å². The topological polar surface area (TPSA) is 52.4 Å². The third-order valence-electron chi connectivity index (χ3n) is 5.54. The second kappa shape index (κ2) is 10.3. The quantitative estimate of drug-likeness (QED) is 0.140. The van der Waals surface area contributed by atoms with Gasteiger partial charge in [0.1, 0.15) is 0 Å². The summed E-state index contributed by atoms with van der Waals surface area (Å²) in [5.41, 5.74) is 0. The second-order valence-corrected chi connectivity index (χ2v) is 13.3. The Hall–Kier alpha value is -0.683. The van der Waals surface area contributed by atoms with Crippen LogP contribution < -0.4 is 0 Å². The van der Waals surface area contributed by atoms with Gasteiger partial charge in [-0.15, -0.1) is 6.58 Å². The van der Waals surface area contributed by atoms with Gasteiger partial charge in [-0.2, -0.15) is 0 Å². The lowest BCUT2D eigenvalue weighted by Gasteiger charge is -2.41. The number of rotatable bonds is 12. The monoisotopic (exact) mass is 357 g/mol. The largest absolute Gasteiger partial charge is 0.410 e. The first-order chi connectivity index (χ1) is 11.0. The lowest BCUT2D eigenvalue weighted by molar-refractivity contribution is -0.490. The number of unbranched alkanes of at least 4 members (excludes halogenated alkanes) is 3. The molecule has 0 saturated heterocycles. The van der Waals surface area contributed by atoms with Crippen LogP contribution in [0.4, 0.5) is 0 Å². The maximum Gasteiger partial charge on any atom is 0.207 e. The number of nitro groups is 1. The fourth-order valence-electron chi connectivity index (χ4n) is 2.70. The molecule has 5 heteroatoms. The zero-order chi connectivity index (χ0) is 19.0. The Morgan fingerprint density at radius 3 is 2.25 bits per heavy atom. The Bertz CT molecular complexity index is 391. The van der Waals surface area contributed by atoms with Gasteiger partial charge >= 0.3 is 0 Å². The molecule has 142 valence electrons. The zero-order valence-corrected chi connectivity index (χ0v) is 17.9. The molecular formula is C19H39NO3Si. The fourth-order valence-corrected chi connectivity index (χ4v) is 4.05. The lowest BCUT2D eigenvalue weighted by Crippen LogP contribution is -2.46. The highest BCUT2D eigenvalue weighted by Gasteiger charge is 2.40. The molecule has 3 atom stereocenters. The molecular weight excluding hydrogens is 318 g/mol. The molecule has 0 aromatic carbocycles.